The molecule has 0 unspecified atom stereocenters. The second kappa shape index (κ2) is 5.33. The molecule has 0 bridgehead atoms. The van der Waals surface area contributed by atoms with Crippen LogP contribution < -0.4 is 10.6 Å². The van der Waals surface area contributed by atoms with Crippen molar-refractivity contribution >= 4 is 17.3 Å². The smallest absolute Gasteiger partial charge is 0.257 e. The van der Waals surface area contributed by atoms with E-state index in [1.54, 1.807) is 12.4 Å². The third kappa shape index (κ3) is 3.15. The van der Waals surface area contributed by atoms with Crippen LogP contribution in [0.2, 0.25) is 0 Å². The zero-order chi connectivity index (χ0) is 13.9. The summed E-state index contributed by atoms with van der Waals surface area (Å²) in [5.74, 6) is -0.137. The van der Waals surface area contributed by atoms with Crippen molar-refractivity contribution in [2.24, 2.45) is 0 Å². The monoisotopic (exact) mass is 267 g/mol. The van der Waals surface area contributed by atoms with Crippen molar-refractivity contribution in [3.8, 4) is 0 Å². The first-order chi connectivity index (χ1) is 9.70. The van der Waals surface area contributed by atoms with E-state index in [-0.39, 0.29) is 5.91 Å². The number of hydrogen-bond donors (Lipinski definition) is 2. The normalized spacial score (nSPS) is 13.8. The van der Waals surface area contributed by atoms with Gasteiger partial charge in [-0.15, -0.1) is 0 Å². The lowest BCUT2D eigenvalue weighted by Gasteiger charge is -2.08. The molecule has 0 radical (unpaired) electrons. The van der Waals surface area contributed by atoms with Crippen LogP contribution in [0.1, 0.15) is 28.8 Å². The lowest BCUT2D eigenvalue weighted by atomic mass is 10.2. The molecule has 3 rings (SSSR count). The summed E-state index contributed by atoms with van der Waals surface area (Å²) >= 11 is 0. The number of anilines is 2. The van der Waals surface area contributed by atoms with Gasteiger partial charge in [-0.1, -0.05) is 12.1 Å². The molecular formula is C16H17N3O. The van der Waals surface area contributed by atoms with Crippen LogP contribution in [-0.2, 0) is 0 Å². The lowest BCUT2D eigenvalue weighted by Crippen LogP contribution is -2.13. The van der Waals surface area contributed by atoms with E-state index in [1.807, 2.05) is 37.3 Å². The predicted octanol–water partition coefficient (Wildman–Crippen LogP) is 3.22. The van der Waals surface area contributed by atoms with Gasteiger partial charge in [0.1, 0.15) is 0 Å². The molecule has 1 aliphatic carbocycles. The molecule has 1 fully saturated rings. The van der Waals surface area contributed by atoms with Crippen molar-refractivity contribution in [3.63, 3.8) is 0 Å². The quantitative estimate of drug-likeness (QED) is 0.894. The molecule has 1 aromatic heterocycles. The zero-order valence-corrected chi connectivity index (χ0v) is 11.4. The molecule has 2 aromatic rings. The Bertz CT molecular complexity index is 635. The Morgan fingerprint density at radius 2 is 2.05 bits per heavy atom. The van der Waals surface area contributed by atoms with Crippen LogP contribution in [-0.4, -0.2) is 16.9 Å². The van der Waals surface area contributed by atoms with Crippen molar-refractivity contribution in [1.82, 2.24) is 4.98 Å². The van der Waals surface area contributed by atoms with Crippen molar-refractivity contribution in [2.45, 2.75) is 25.8 Å². The van der Waals surface area contributed by atoms with Crippen LogP contribution >= 0.6 is 0 Å². The standard InChI is InChI=1S/C16H17N3O/c1-11-3-2-4-14(7-11)19-16(20)12-8-15(10-17-9-12)18-13-5-6-13/h2-4,7-10,13,18H,5-6H2,1H3,(H,19,20). The second-order valence-corrected chi connectivity index (χ2v) is 5.20. The van der Waals surface area contributed by atoms with Crippen molar-refractivity contribution in [3.05, 3.63) is 53.9 Å². The number of aromatic nitrogens is 1. The van der Waals surface area contributed by atoms with Gasteiger partial charge in [-0.05, 0) is 43.5 Å². The Balaban J connectivity index is 1.72. The fraction of sp³-hybridized carbons (Fsp3) is 0.250. The zero-order valence-electron chi connectivity index (χ0n) is 11.4. The molecule has 20 heavy (non-hydrogen) atoms. The largest absolute Gasteiger partial charge is 0.381 e. The molecule has 1 amide bonds. The van der Waals surface area contributed by atoms with E-state index in [9.17, 15) is 4.79 Å². The van der Waals surface area contributed by atoms with E-state index < -0.39 is 0 Å². The maximum absolute atomic E-state index is 12.2. The summed E-state index contributed by atoms with van der Waals surface area (Å²) < 4.78 is 0. The molecule has 0 saturated heterocycles. The molecule has 1 saturated carbocycles. The van der Waals surface area contributed by atoms with Crippen molar-refractivity contribution in [2.75, 3.05) is 10.6 Å². The van der Waals surface area contributed by atoms with Gasteiger partial charge >= 0.3 is 0 Å². The second-order valence-electron chi connectivity index (χ2n) is 5.20. The number of nitrogens with zero attached hydrogens (tertiary/aromatic N) is 1. The fourth-order valence-electron chi connectivity index (χ4n) is 2.03. The number of carbonyl (C=O) groups excluding carboxylic acids is 1. The molecule has 2 N–H and O–H groups in total. The van der Waals surface area contributed by atoms with E-state index in [1.165, 1.54) is 12.8 Å². The van der Waals surface area contributed by atoms with Crippen molar-refractivity contribution in [1.29, 1.82) is 0 Å². The van der Waals surface area contributed by atoms with E-state index in [0.29, 0.717) is 11.6 Å². The number of rotatable bonds is 4. The number of nitrogens with one attached hydrogen (secondary N) is 2. The molecular weight excluding hydrogens is 250 g/mol. The Kier molecular flexibility index (Phi) is 3.37. The van der Waals surface area contributed by atoms with Crippen LogP contribution in [0.4, 0.5) is 11.4 Å². The first kappa shape index (κ1) is 12.7. The molecule has 1 aromatic carbocycles. The average molecular weight is 267 g/mol. The number of amides is 1. The number of aryl methyl sites for hydroxylation is 1. The first-order valence-corrected chi connectivity index (χ1v) is 6.80. The van der Waals surface area contributed by atoms with E-state index in [2.05, 4.69) is 15.6 Å². The molecule has 0 aliphatic heterocycles. The lowest BCUT2D eigenvalue weighted by molar-refractivity contribution is 0.102. The minimum absolute atomic E-state index is 0.137. The first-order valence-electron chi connectivity index (χ1n) is 6.80. The Morgan fingerprint density at radius 3 is 2.80 bits per heavy atom. The van der Waals surface area contributed by atoms with Gasteiger partial charge in [-0.25, -0.2) is 0 Å². The van der Waals surface area contributed by atoms with Gasteiger partial charge in [0, 0.05) is 24.1 Å². The Morgan fingerprint density at radius 1 is 1.20 bits per heavy atom. The summed E-state index contributed by atoms with van der Waals surface area (Å²) in [6.45, 7) is 2.00. The van der Waals surface area contributed by atoms with Crippen LogP contribution in [0.25, 0.3) is 0 Å². The highest BCUT2D eigenvalue weighted by molar-refractivity contribution is 6.04. The van der Waals surface area contributed by atoms with Gasteiger partial charge in [0.25, 0.3) is 5.91 Å². The Labute approximate surface area is 118 Å². The highest BCUT2D eigenvalue weighted by atomic mass is 16.1. The van der Waals surface area contributed by atoms with Gasteiger partial charge in [0.05, 0.1) is 11.3 Å². The Hall–Kier alpha value is -2.36. The highest BCUT2D eigenvalue weighted by Crippen LogP contribution is 2.24. The molecule has 0 spiro atoms. The number of carbonyl (C=O) groups is 1. The van der Waals surface area contributed by atoms with Crippen LogP contribution in [0.3, 0.4) is 0 Å². The summed E-state index contributed by atoms with van der Waals surface area (Å²) in [6, 6.07) is 10.1. The molecule has 4 nitrogen and oxygen atoms in total. The minimum atomic E-state index is -0.137. The summed E-state index contributed by atoms with van der Waals surface area (Å²) in [5.41, 5.74) is 3.39. The summed E-state index contributed by atoms with van der Waals surface area (Å²) in [4.78, 5) is 16.3. The molecule has 1 heterocycles. The van der Waals surface area contributed by atoms with E-state index >= 15 is 0 Å². The van der Waals surface area contributed by atoms with Gasteiger partial charge < -0.3 is 10.6 Å². The van der Waals surface area contributed by atoms with Gasteiger partial charge in [0.2, 0.25) is 0 Å². The van der Waals surface area contributed by atoms with Gasteiger partial charge in [-0.2, -0.15) is 0 Å². The predicted molar refractivity (Wildman–Crippen MR) is 80.0 cm³/mol. The third-order valence-corrected chi connectivity index (χ3v) is 3.22. The number of hydrogen-bond acceptors (Lipinski definition) is 3. The van der Waals surface area contributed by atoms with Crippen LogP contribution in [0, 0.1) is 6.92 Å². The number of benzene rings is 1. The molecule has 0 atom stereocenters. The summed E-state index contributed by atoms with van der Waals surface area (Å²) in [6.07, 6.45) is 5.73. The maximum atomic E-state index is 12.2. The maximum Gasteiger partial charge on any atom is 0.257 e. The van der Waals surface area contributed by atoms with E-state index in [0.717, 1.165) is 16.9 Å². The van der Waals surface area contributed by atoms with Gasteiger partial charge in [0.15, 0.2) is 0 Å². The molecule has 1 aliphatic rings. The molecule has 102 valence electrons. The molecule has 4 heteroatoms. The van der Waals surface area contributed by atoms with Crippen LogP contribution in [0.5, 0.6) is 0 Å². The summed E-state index contributed by atoms with van der Waals surface area (Å²) in [5, 5.41) is 6.23. The topological polar surface area (TPSA) is 54.0 Å². The number of pyridine rings is 1. The third-order valence-electron chi connectivity index (χ3n) is 3.22. The van der Waals surface area contributed by atoms with E-state index in [4.69, 9.17) is 0 Å². The van der Waals surface area contributed by atoms with Gasteiger partial charge in [-0.3, -0.25) is 9.78 Å². The fourth-order valence-corrected chi connectivity index (χ4v) is 2.03. The van der Waals surface area contributed by atoms with Crippen LogP contribution in [0.15, 0.2) is 42.7 Å². The average Bonchev–Trinajstić information content (AvgIpc) is 3.23. The summed E-state index contributed by atoms with van der Waals surface area (Å²) in [7, 11) is 0. The highest BCUT2D eigenvalue weighted by Gasteiger charge is 2.21. The minimum Gasteiger partial charge on any atom is -0.381 e. The van der Waals surface area contributed by atoms with Crippen molar-refractivity contribution < 1.29 is 4.79 Å². The SMILES string of the molecule is Cc1cccc(NC(=O)c2cncc(NC3CC3)c2)c1.